The van der Waals surface area contributed by atoms with Gasteiger partial charge in [0.05, 0.1) is 0 Å². The summed E-state index contributed by atoms with van der Waals surface area (Å²) in [5.41, 5.74) is 0. The molecule has 0 aliphatic carbocycles. The highest BCUT2D eigenvalue weighted by Gasteiger charge is 2.36. The third-order valence-corrected chi connectivity index (χ3v) is 1.77. The second-order valence-electron chi connectivity index (χ2n) is 2.89. The maximum Gasteiger partial charge on any atom is 0.375 e. The summed E-state index contributed by atoms with van der Waals surface area (Å²) in [6.07, 6.45) is 0. The van der Waals surface area contributed by atoms with E-state index in [0.29, 0.717) is 5.06 Å². The summed E-state index contributed by atoms with van der Waals surface area (Å²) < 4.78 is 0. The van der Waals surface area contributed by atoms with Crippen LogP contribution in [0.4, 0.5) is 4.79 Å². The third kappa shape index (κ3) is 1.82. The number of nitrogens with zero attached hydrogens (tertiary/aromatic N) is 3. The largest absolute Gasteiger partial charge is 0.375 e. The molecule has 1 aliphatic rings. The lowest BCUT2D eigenvalue weighted by Gasteiger charge is -2.36. The average molecular weight is 201 g/mol. The minimum absolute atomic E-state index is 0.00444. The third-order valence-electron chi connectivity index (χ3n) is 1.77. The van der Waals surface area contributed by atoms with Gasteiger partial charge in [0.2, 0.25) is 0 Å². The minimum atomic E-state index is -0.704. The number of carbonyl (C=O) groups is 3. The van der Waals surface area contributed by atoms with Crippen LogP contribution in [0.2, 0.25) is 0 Å². The van der Waals surface area contributed by atoms with E-state index >= 15 is 0 Å². The first-order valence-corrected chi connectivity index (χ1v) is 3.93. The second-order valence-corrected chi connectivity index (χ2v) is 2.89. The van der Waals surface area contributed by atoms with Crippen LogP contribution in [0.3, 0.4) is 0 Å². The van der Waals surface area contributed by atoms with Gasteiger partial charge >= 0.3 is 12.0 Å². The van der Waals surface area contributed by atoms with Crippen molar-refractivity contribution in [3.8, 4) is 0 Å². The average Bonchev–Trinajstić information content (AvgIpc) is 2.09. The van der Waals surface area contributed by atoms with Crippen molar-refractivity contribution in [2.45, 2.75) is 6.92 Å². The van der Waals surface area contributed by atoms with E-state index in [9.17, 15) is 14.4 Å². The van der Waals surface area contributed by atoms with Gasteiger partial charge in [-0.05, 0) is 0 Å². The maximum absolute atomic E-state index is 11.4. The van der Waals surface area contributed by atoms with E-state index in [2.05, 4.69) is 4.84 Å². The SMILES string of the molecule is CC(=O)ON1C(=O)CN(C)N(C)C1=O. The molecule has 3 amide bonds. The Balaban J connectivity index is 2.79. The van der Waals surface area contributed by atoms with Crippen molar-refractivity contribution < 1.29 is 19.2 Å². The van der Waals surface area contributed by atoms with Crippen LogP contribution in [0.25, 0.3) is 0 Å². The first kappa shape index (κ1) is 10.5. The van der Waals surface area contributed by atoms with Crippen molar-refractivity contribution in [2.75, 3.05) is 20.6 Å². The van der Waals surface area contributed by atoms with Crippen LogP contribution >= 0.6 is 0 Å². The predicted octanol–water partition coefficient (Wildman–Crippen LogP) is -0.795. The molecule has 0 N–H and O–H groups in total. The molecule has 0 radical (unpaired) electrons. The Hall–Kier alpha value is -1.63. The van der Waals surface area contributed by atoms with Crippen molar-refractivity contribution in [1.82, 2.24) is 15.1 Å². The van der Waals surface area contributed by atoms with Gasteiger partial charge in [0.1, 0.15) is 6.54 Å². The fourth-order valence-electron chi connectivity index (χ4n) is 0.969. The molecule has 0 saturated carbocycles. The second kappa shape index (κ2) is 3.62. The molecule has 0 aromatic heterocycles. The van der Waals surface area contributed by atoms with E-state index in [-0.39, 0.29) is 6.54 Å². The Morgan fingerprint density at radius 1 is 1.36 bits per heavy atom. The molecule has 1 aliphatic heterocycles. The molecule has 1 heterocycles. The van der Waals surface area contributed by atoms with Gasteiger partial charge in [0.25, 0.3) is 5.91 Å². The first-order chi connectivity index (χ1) is 6.43. The molecule has 14 heavy (non-hydrogen) atoms. The van der Waals surface area contributed by atoms with E-state index in [4.69, 9.17) is 0 Å². The number of urea groups is 1. The highest BCUT2D eigenvalue weighted by atomic mass is 16.7. The Morgan fingerprint density at radius 3 is 2.43 bits per heavy atom. The van der Waals surface area contributed by atoms with E-state index in [1.807, 2.05) is 0 Å². The van der Waals surface area contributed by atoms with Crippen LogP contribution in [-0.4, -0.2) is 53.6 Å². The summed E-state index contributed by atoms with van der Waals surface area (Å²) in [5, 5.41) is 3.07. The Bertz CT molecular complexity index is 291. The molecule has 0 bridgehead atoms. The summed E-state index contributed by atoms with van der Waals surface area (Å²) in [5.74, 6) is -1.27. The summed E-state index contributed by atoms with van der Waals surface area (Å²) in [4.78, 5) is 37.7. The smallest absolute Gasteiger partial charge is 0.329 e. The van der Waals surface area contributed by atoms with Crippen LogP contribution in [-0.2, 0) is 14.4 Å². The molecule has 1 fully saturated rings. The van der Waals surface area contributed by atoms with Gasteiger partial charge in [-0.1, -0.05) is 5.06 Å². The van der Waals surface area contributed by atoms with Crippen LogP contribution in [0, 0.1) is 0 Å². The minimum Gasteiger partial charge on any atom is -0.329 e. The first-order valence-electron chi connectivity index (χ1n) is 3.93. The molecule has 1 rings (SSSR count). The Labute approximate surface area is 80.7 Å². The van der Waals surface area contributed by atoms with Crippen molar-refractivity contribution in [3.63, 3.8) is 0 Å². The lowest BCUT2D eigenvalue weighted by atomic mass is 10.5. The van der Waals surface area contributed by atoms with Gasteiger partial charge in [-0.15, -0.1) is 0 Å². The van der Waals surface area contributed by atoms with Crippen molar-refractivity contribution in [3.05, 3.63) is 0 Å². The van der Waals surface area contributed by atoms with Gasteiger partial charge in [0.15, 0.2) is 0 Å². The van der Waals surface area contributed by atoms with E-state index in [0.717, 1.165) is 6.92 Å². The molecule has 0 atom stereocenters. The lowest BCUT2D eigenvalue weighted by Crippen LogP contribution is -2.59. The van der Waals surface area contributed by atoms with Gasteiger partial charge in [-0.2, -0.15) is 0 Å². The van der Waals surface area contributed by atoms with E-state index in [1.54, 1.807) is 7.05 Å². The maximum atomic E-state index is 11.4. The normalized spacial score (nSPS) is 18.8. The number of hydrogen-bond acceptors (Lipinski definition) is 5. The van der Waals surface area contributed by atoms with Crippen molar-refractivity contribution >= 4 is 17.9 Å². The number of likely N-dealkylation sites (N-methyl/N-ethyl adjacent to an activating group) is 1. The van der Waals surface area contributed by atoms with Crippen molar-refractivity contribution in [2.24, 2.45) is 0 Å². The van der Waals surface area contributed by atoms with Crippen molar-refractivity contribution in [1.29, 1.82) is 0 Å². The number of imide groups is 1. The zero-order valence-electron chi connectivity index (χ0n) is 8.18. The molecule has 1 saturated heterocycles. The van der Waals surface area contributed by atoms with E-state index in [1.165, 1.54) is 17.1 Å². The molecule has 0 aromatic rings. The number of hydrazine groups is 1. The number of carbonyl (C=O) groups excluding carboxylic acids is 3. The number of amides is 3. The molecule has 7 nitrogen and oxygen atoms in total. The van der Waals surface area contributed by atoms with Gasteiger partial charge in [-0.3, -0.25) is 9.80 Å². The standard InChI is InChI=1S/C7H11N3O4/c1-5(11)14-10-6(12)4-8(2)9(3)7(10)13/h4H2,1-3H3. The zero-order valence-corrected chi connectivity index (χ0v) is 8.18. The summed E-state index contributed by atoms with van der Waals surface area (Å²) in [6, 6.07) is -0.682. The lowest BCUT2D eigenvalue weighted by molar-refractivity contribution is -0.196. The summed E-state index contributed by atoms with van der Waals surface area (Å²) in [6.45, 7) is 1.12. The zero-order chi connectivity index (χ0) is 10.9. The fourth-order valence-corrected chi connectivity index (χ4v) is 0.969. The molecule has 78 valence electrons. The van der Waals surface area contributed by atoms with Crippen LogP contribution in [0.15, 0.2) is 0 Å². The van der Waals surface area contributed by atoms with Gasteiger partial charge < -0.3 is 4.84 Å². The molecule has 0 aromatic carbocycles. The fraction of sp³-hybridized carbons (Fsp3) is 0.571. The van der Waals surface area contributed by atoms with Gasteiger partial charge in [-0.25, -0.2) is 14.6 Å². The Kier molecular flexibility index (Phi) is 2.70. The monoisotopic (exact) mass is 201 g/mol. The topological polar surface area (TPSA) is 70.2 Å². The van der Waals surface area contributed by atoms with Gasteiger partial charge in [0, 0.05) is 21.0 Å². The molecular weight excluding hydrogens is 190 g/mol. The molecule has 0 unspecified atom stereocenters. The van der Waals surface area contributed by atoms with E-state index < -0.39 is 17.9 Å². The summed E-state index contributed by atoms with van der Waals surface area (Å²) >= 11 is 0. The Morgan fingerprint density at radius 2 is 1.93 bits per heavy atom. The summed E-state index contributed by atoms with van der Waals surface area (Å²) in [7, 11) is 3.06. The quantitative estimate of drug-likeness (QED) is 0.555. The highest BCUT2D eigenvalue weighted by Crippen LogP contribution is 2.08. The number of hydrogen-bond donors (Lipinski definition) is 0. The number of hydroxylamine groups is 2. The molecule has 0 spiro atoms. The molecule has 7 heteroatoms. The highest BCUT2D eigenvalue weighted by molar-refractivity contribution is 5.96. The van der Waals surface area contributed by atoms with Crippen LogP contribution in [0.5, 0.6) is 0 Å². The predicted molar refractivity (Wildman–Crippen MR) is 44.4 cm³/mol. The number of rotatable bonds is 1. The van der Waals surface area contributed by atoms with Crippen LogP contribution in [0.1, 0.15) is 6.92 Å². The van der Waals surface area contributed by atoms with Crippen LogP contribution < -0.4 is 0 Å². The molecular formula is C7H11N3O4.